The van der Waals surface area contributed by atoms with Gasteiger partial charge in [-0.3, -0.25) is 9.10 Å². The van der Waals surface area contributed by atoms with E-state index < -0.39 is 22.5 Å². The first-order valence-corrected chi connectivity index (χ1v) is 10.6. The van der Waals surface area contributed by atoms with Crippen LogP contribution in [0.5, 0.6) is 0 Å². The minimum absolute atomic E-state index is 0.153. The zero-order valence-electron chi connectivity index (χ0n) is 14.3. The molecule has 3 rings (SSSR count). The molecule has 0 bridgehead atoms. The van der Waals surface area contributed by atoms with Crippen molar-refractivity contribution in [3.63, 3.8) is 0 Å². The summed E-state index contributed by atoms with van der Waals surface area (Å²) in [5, 5.41) is 5.23. The molecule has 0 aromatic heterocycles. The molecule has 5 nitrogen and oxygen atoms in total. The van der Waals surface area contributed by atoms with E-state index in [-0.39, 0.29) is 10.7 Å². The van der Waals surface area contributed by atoms with E-state index in [1.165, 1.54) is 12.1 Å². The highest BCUT2D eigenvalue weighted by molar-refractivity contribution is 7.92. The maximum atomic E-state index is 12.5. The summed E-state index contributed by atoms with van der Waals surface area (Å²) in [5.41, 5.74) is 0.727. The van der Waals surface area contributed by atoms with Crippen LogP contribution in [-0.2, 0) is 14.8 Å². The Morgan fingerprint density at radius 3 is 2.41 bits per heavy atom. The maximum absolute atomic E-state index is 12.5. The number of carbonyl (C=O) groups is 1. The van der Waals surface area contributed by atoms with Gasteiger partial charge in [0, 0.05) is 10.7 Å². The molecule has 0 spiro atoms. The third kappa shape index (κ3) is 4.71. The molecule has 0 radical (unpaired) electrons. The van der Waals surface area contributed by atoms with Crippen LogP contribution in [0, 0.1) is 0 Å². The predicted octanol–water partition coefficient (Wildman–Crippen LogP) is 4.55. The van der Waals surface area contributed by atoms with E-state index in [0.717, 1.165) is 21.3 Å². The van der Waals surface area contributed by atoms with Crippen molar-refractivity contribution in [2.75, 3.05) is 22.4 Å². The average Bonchev–Trinajstić information content (AvgIpc) is 2.61. The number of nitrogens with one attached hydrogen (secondary N) is 1. The van der Waals surface area contributed by atoms with Crippen molar-refractivity contribution in [3.8, 4) is 0 Å². The summed E-state index contributed by atoms with van der Waals surface area (Å²) in [6.45, 7) is -0.425. The van der Waals surface area contributed by atoms with Crippen molar-refractivity contribution in [1.29, 1.82) is 0 Å². The summed E-state index contributed by atoms with van der Waals surface area (Å²) in [6.07, 6.45) is 1.01. The Morgan fingerprint density at radius 1 is 1.00 bits per heavy atom. The lowest BCUT2D eigenvalue weighted by Crippen LogP contribution is -2.37. The first-order chi connectivity index (χ1) is 12.7. The summed E-state index contributed by atoms with van der Waals surface area (Å²) < 4.78 is 25.3. The van der Waals surface area contributed by atoms with Crippen LogP contribution in [0.2, 0.25) is 10.0 Å². The number of amides is 1. The number of carbonyl (C=O) groups excluding carboxylic acids is 1. The third-order valence-electron chi connectivity index (χ3n) is 3.90. The standard InChI is InChI=1S/C19H16Cl2N2O3S/c1-27(25,26)23(18-11-15(20)7-9-17(18)21)12-19(24)22-16-8-6-13-4-2-3-5-14(13)10-16/h2-11H,12H2,1H3,(H,22,24). The number of benzene rings is 3. The molecule has 0 heterocycles. The Kier molecular flexibility index (Phi) is 5.60. The molecule has 0 saturated carbocycles. The minimum atomic E-state index is -3.75. The van der Waals surface area contributed by atoms with Crippen LogP contribution in [0.3, 0.4) is 0 Å². The van der Waals surface area contributed by atoms with Crippen LogP contribution in [0.25, 0.3) is 10.8 Å². The van der Waals surface area contributed by atoms with Crippen molar-refractivity contribution in [3.05, 3.63) is 70.7 Å². The van der Waals surface area contributed by atoms with Gasteiger partial charge < -0.3 is 5.32 Å². The maximum Gasteiger partial charge on any atom is 0.245 e. The Morgan fingerprint density at radius 2 is 1.70 bits per heavy atom. The Balaban J connectivity index is 1.85. The Labute approximate surface area is 167 Å². The van der Waals surface area contributed by atoms with E-state index in [4.69, 9.17) is 23.2 Å². The number of hydrogen-bond acceptors (Lipinski definition) is 3. The van der Waals surface area contributed by atoms with Gasteiger partial charge in [-0.1, -0.05) is 53.5 Å². The fraction of sp³-hybridized carbons (Fsp3) is 0.105. The minimum Gasteiger partial charge on any atom is -0.324 e. The number of nitrogens with zero attached hydrogens (tertiary/aromatic N) is 1. The van der Waals surface area contributed by atoms with Gasteiger partial charge in [0.2, 0.25) is 15.9 Å². The topological polar surface area (TPSA) is 66.5 Å². The van der Waals surface area contributed by atoms with Crippen LogP contribution >= 0.6 is 23.2 Å². The Bertz CT molecular complexity index is 1120. The molecule has 1 N–H and O–H groups in total. The smallest absolute Gasteiger partial charge is 0.245 e. The predicted molar refractivity (Wildman–Crippen MR) is 111 cm³/mol. The molecular weight excluding hydrogens is 407 g/mol. The monoisotopic (exact) mass is 422 g/mol. The van der Waals surface area contributed by atoms with Gasteiger partial charge in [0.25, 0.3) is 0 Å². The van der Waals surface area contributed by atoms with Gasteiger partial charge in [-0.05, 0) is 41.1 Å². The summed E-state index contributed by atoms with van der Waals surface area (Å²) >= 11 is 12.1. The van der Waals surface area contributed by atoms with Gasteiger partial charge >= 0.3 is 0 Å². The van der Waals surface area contributed by atoms with Gasteiger partial charge in [0.1, 0.15) is 6.54 Å². The van der Waals surface area contributed by atoms with E-state index in [0.29, 0.717) is 10.7 Å². The molecular formula is C19H16Cl2N2O3S. The van der Waals surface area contributed by atoms with E-state index in [9.17, 15) is 13.2 Å². The van der Waals surface area contributed by atoms with Crippen LogP contribution in [-0.4, -0.2) is 27.1 Å². The quantitative estimate of drug-likeness (QED) is 0.655. The SMILES string of the molecule is CS(=O)(=O)N(CC(=O)Nc1ccc2ccccc2c1)c1cc(Cl)ccc1Cl. The fourth-order valence-corrected chi connectivity index (χ4v) is 3.95. The summed E-state index contributed by atoms with van der Waals surface area (Å²) in [4.78, 5) is 12.5. The highest BCUT2D eigenvalue weighted by atomic mass is 35.5. The lowest BCUT2D eigenvalue weighted by atomic mass is 10.1. The molecule has 3 aromatic carbocycles. The summed E-state index contributed by atoms with van der Waals surface area (Å²) in [7, 11) is -3.75. The van der Waals surface area contributed by atoms with Crippen molar-refractivity contribution in [1.82, 2.24) is 0 Å². The van der Waals surface area contributed by atoms with E-state index >= 15 is 0 Å². The number of sulfonamides is 1. The number of halogens is 2. The normalized spacial score (nSPS) is 11.4. The van der Waals surface area contributed by atoms with Gasteiger partial charge in [-0.15, -0.1) is 0 Å². The molecule has 140 valence electrons. The van der Waals surface area contributed by atoms with Gasteiger partial charge in [0.05, 0.1) is 17.0 Å². The molecule has 3 aromatic rings. The van der Waals surface area contributed by atoms with E-state index in [2.05, 4.69) is 5.32 Å². The van der Waals surface area contributed by atoms with Gasteiger partial charge in [0.15, 0.2) is 0 Å². The van der Waals surface area contributed by atoms with E-state index in [1.54, 1.807) is 12.1 Å². The molecule has 0 fully saturated rings. The molecule has 27 heavy (non-hydrogen) atoms. The zero-order chi connectivity index (χ0) is 19.6. The second-order valence-electron chi connectivity index (χ2n) is 5.98. The number of hydrogen-bond donors (Lipinski definition) is 1. The molecule has 0 unspecified atom stereocenters. The molecule has 0 aliphatic carbocycles. The molecule has 1 amide bonds. The molecule has 0 saturated heterocycles. The van der Waals surface area contributed by atoms with Crippen LogP contribution in [0.1, 0.15) is 0 Å². The number of anilines is 2. The van der Waals surface area contributed by atoms with Crippen LogP contribution in [0.15, 0.2) is 60.7 Å². The second-order valence-corrected chi connectivity index (χ2v) is 8.73. The van der Waals surface area contributed by atoms with Crippen molar-refractivity contribution in [2.24, 2.45) is 0 Å². The largest absolute Gasteiger partial charge is 0.324 e. The zero-order valence-corrected chi connectivity index (χ0v) is 16.6. The van der Waals surface area contributed by atoms with Gasteiger partial charge in [-0.2, -0.15) is 0 Å². The van der Waals surface area contributed by atoms with Crippen molar-refractivity contribution < 1.29 is 13.2 Å². The molecule has 0 atom stereocenters. The van der Waals surface area contributed by atoms with Crippen LogP contribution < -0.4 is 9.62 Å². The fourth-order valence-electron chi connectivity index (χ4n) is 2.66. The highest BCUT2D eigenvalue weighted by Gasteiger charge is 2.23. The Hall–Kier alpha value is -2.28. The average molecular weight is 423 g/mol. The third-order valence-corrected chi connectivity index (χ3v) is 5.58. The molecule has 0 aliphatic heterocycles. The van der Waals surface area contributed by atoms with Crippen molar-refractivity contribution >= 4 is 61.3 Å². The number of fused-ring (bicyclic) bond motifs is 1. The highest BCUT2D eigenvalue weighted by Crippen LogP contribution is 2.30. The number of rotatable bonds is 5. The first-order valence-electron chi connectivity index (χ1n) is 7.95. The lowest BCUT2D eigenvalue weighted by molar-refractivity contribution is -0.114. The summed E-state index contributed by atoms with van der Waals surface area (Å²) in [6, 6.07) is 17.6. The van der Waals surface area contributed by atoms with Gasteiger partial charge in [-0.25, -0.2) is 8.42 Å². The molecule has 8 heteroatoms. The second kappa shape index (κ2) is 7.76. The summed E-state index contributed by atoms with van der Waals surface area (Å²) in [5.74, 6) is -0.494. The lowest BCUT2D eigenvalue weighted by Gasteiger charge is -2.23. The van der Waals surface area contributed by atoms with Crippen molar-refractivity contribution in [2.45, 2.75) is 0 Å². The van der Waals surface area contributed by atoms with Crippen LogP contribution in [0.4, 0.5) is 11.4 Å². The first kappa shape index (κ1) is 19.5. The van der Waals surface area contributed by atoms with E-state index in [1.807, 2.05) is 36.4 Å². The molecule has 0 aliphatic rings.